The highest BCUT2D eigenvalue weighted by atomic mass is 35.5. The topological polar surface area (TPSA) is 61.1 Å². The number of rotatable bonds is 16. The van der Waals surface area contributed by atoms with Crippen LogP contribution in [0.15, 0.2) is 30.3 Å². The molecule has 0 heterocycles. The van der Waals surface area contributed by atoms with Gasteiger partial charge in [0.05, 0.1) is 37.8 Å². The van der Waals surface area contributed by atoms with Crippen LogP contribution in [0.4, 0.5) is 0 Å². The molecule has 0 spiro atoms. The van der Waals surface area contributed by atoms with E-state index in [1.807, 2.05) is 30.4 Å². The molecule has 5 heteroatoms. The number of hydrogen-bond donors (Lipinski definition) is 1. The first-order chi connectivity index (χ1) is 15.5. The number of halogens is 1. The Balaban J connectivity index is 0. The van der Waals surface area contributed by atoms with Gasteiger partial charge in [0.15, 0.2) is 0 Å². The number of allylic oxidation sites excluding steroid dienone is 1. The van der Waals surface area contributed by atoms with Gasteiger partial charge >= 0.3 is 5.97 Å². The molecule has 0 aromatic heterocycles. The third kappa shape index (κ3) is 17.3. The van der Waals surface area contributed by atoms with Crippen LogP contribution in [0, 0.1) is 11.3 Å². The molecular formula is C28H47ClN2O2. The lowest BCUT2D eigenvalue weighted by Gasteiger charge is -2.39. The summed E-state index contributed by atoms with van der Waals surface area (Å²) in [4.78, 5) is 10.2. The van der Waals surface area contributed by atoms with E-state index in [4.69, 9.17) is 10.4 Å². The zero-order chi connectivity index (χ0) is 24.1. The van der Waals surface area contributed by atoms with E-state index in [2.05, 4.69) is 27.7 Å². The highest BCUT2D eigenvalue weighted by Gasteiger charge is 2.24. The molecule has 33 heavy (non-hydrogen) atoms. The van der Waals surface area contributed by atoms with E-state index in [0.29, 0.717) is 12.0 Å². The Labute approximate surface area is 209 Å². The van der Waals surface area contributed by atoms with Gasteiger partial charge in [-0.25, -0.2) is 0 Å². The van der Waals surface area contributed by atoms with Crippen LogP contribution in [0.5, 0.6) is 0 Å². The Morgan fingerprint density at radius 1 is 0.879 bits per heavy atom. The molecule has 1 rings (SSSR count). The second-order valence-corrected chi connectivity index (χ2v) is 8.72. The van der Waals surface area contributed by atoms with Crippen molar-refractivity contribution in [2.24, 2.45) is 0 Å². The summed E-state index contributed by atoms with van der Waals surface area (Å²) in [6.07, 6.45) is 15.4. The van der Waals surface area contributed by atoms with Gasteiger partial charge < -0.3 is 22.0 Å². The predicted molar refractivity (Wildman–Crippen MR) is 136 cm³/mol. The van der Waals surface area contributed by atoms with Gasteiger partial charge in [-0.2, -0.15) is 5.26 Å². The summed E-state index contributed by atoms with van der Waals surface area (Å²) in [5.74, 6) is -0.792. The van der Waals surface area contributed by atoms with Crippen LogP contribution >= 0.6 is 0 Å². The van der Waals surface area contributed by atoms with E-state index in [-0.39, 0.29) is 18.8 Å². The molecule has 188 valence electrons. The maximum absolute atomic E-state index is 10.2. The number of nitriles is 1. The van der Waals surface area contributed by atoms with Crippen LogP contribution in [-0.2, 0) is 4.79 Å². The van der Waals surface area contributed by atoms with E-state index in [1.165, 1.54) is 82.0 Å². The third-order valence-electron chi connectivity index (χ3n) is 5.82. The molecule has 0 amide bonds. The second kappa shape index (κ2) is 22.0. The predicted octanol–water partition coefficient (Wildman–Crippen LogP) is 4.44. The molecule has 1 aromatic carbocycles. The quantitative estimate of drug-likeness (QED) is 0.357. The molecule has 0 aliphatic carbocycles. The lowest BCUT2D eigenvalue weighted by molar-refractivity contribution is -0.929. The average Bonchev–Trinajstić information content (AvgIpc) is 2.81. The van der Waals surface area contributed by atoms with Crippen molar-refractivity contribution in [3.63, 3.8) is 0 Å². The molecule has 1 aromatic rings. The van der Waals surface area contributed by atoms with Crippen molar-refractivity contribution in [2.45, 2.75) is 91.9 Å². The summed E-state index contributed by atoms with van der Waals surface area (Å²) in [6, 6.07) is 9.16. The maximum Gasteiger partial charge on any atom is 0.303 e. The van der Waals surface area contributed by atoms with Crippen LogP contribution in [0.2, 0.25) is 0 Å². The average molecular weight is 479 g/mol. The van der Waals surface area contributed by atoms with E-state index in [1.54, 1.807) is 12.1 Å². The lowest BCUT2D eigenvalue weighted by Crippen LogP contribution is -3.00. The number of hydrogen-bond acceptors (Lipinski definition) is 2. The Morgan fingerprint density at radius 3 is 1.64 bits per heavy atom. The first kappa shape index (κ1) is 33.3. The molecule has 0 atom stereocenters. The summed E-state index contributed by atoms with van der Waals surface area (Å²) in [7, 11) is 0. The number of aliphatic carboxylic acids is 1. The second-order valence-electron chi connectivity index (χ2n) is 8.72. The molecule has 4 nitrogen and oxygen atoms in total. The van der Waals surface area contributed by atoms with Gasteiger partial charge in [-0.1, -0.05) is 77.7 Å². The van der Waals surface area contributed by atoms with Crippen molar-refractivity contribution >= 4 is 12.0 Å². The fourth-order valence-corrected chi connectivity index (χ4v) is 3.74. The summed E-state index contributed by atoms with van der Waals surface area (Å²) in [5.41, 5.74) is 1.59. The van der Waals surface area contributed by atoms with E-state index >= 15 is 0 Å². The van der Waals surface area contributed by atoms with Crippen LogP contribution in [0.25, 0.3) is 6.08 Å². The van der Waals surface area contributed by atoms with Gasteiger partial charge in [0.2, 0.25) is 0 Å². The summed E-state index contributed by atoms with van der Waals surface area (Å²) in [6.45, 7) is 15.0. The number of carboxylic acid groups (broad SMARTS) is 1. The van der Waals surface area contributed by atoms with Crippen LogP contribution in [-0.4, -0.2) is 41.7 Å². The van der Waals surface area contributed by atoms with Crippen LogP contribution < -0.4 is 12.4 Å². The summed E-state index contributed by atoms with van der Waals surface area (Å²) in [5, 5.41) is 17.0. The smallest absolute Gasteiger partial charge is 0.303 e. The molecule has 0 aliphatic heterocycles. The molecule has 0 unspecified atom stereocenters. The van der Waals surface area contributed by atoms with Crippen LogP contribution in [0.1, 0.15) is 103 Å². The fraction of sp³-hybridized carbons (Fsp3) is 0.643. The first-order valence-electron chi connectivity index (χ1n) is 12.7. The zero-order valence-corrected chi connectivity index (χ0v) is 22.2. The summed E-state index contributed by atoms with van der Waals surface area (Å²) < 4.78 is 1.42. The maximum atomic E-state index is 10.2. The number of benzene rings is 1. The first-order valence-corrected chi connectivity index (χ1v) is 12.7. The molecule has 0 saturated heterocycles. The van der Waals surface area contributed by atoms with Gasteiger partial charge in [-0.05, 0) is 49.8 Å². The van der Waals surface area contributed by atoms with Crippen molar-refractivity contribution in [1.82, 2.24) is 0 Å². The lowest BCUT2D eigenvalue weighted by atomic mass is 10.1. The number of carbonyl (C=O) groups is 1. The molecule has 1 N–H and O–H groups in total. The fourth-order valence-electron chi connectivity index (χ4n) is 3.74. The van der Waals surface area contributed by atoms with Crippen LogP contribution in [0.3, 0.4) is 0 Å². The van der Waals surface area contributed by atoms with Crippen molar-refractivity contribution in [2.75, 3.05) is 26.2 Å². The SMILES string of the molecule is CCCC[N+](CCCC)(CCCC)CCCC.N#Cc1ccc(/C=C/CCC(=O)O)cc1.[Cl-]. The Kier molecular flexibility index (Phi) is 22.2. The third-order valence-corrected chi connectivity index (χ3v) is 5.82. The highest BCUT2D eigenvalue weighted by Crippen LogP contribution is 2.16. The van der Waals surface area contributed by atoms with Crippen molar-refractivity contribution < 1.29 is 26.8 Å². The van der Waals surface area contributed by atoms with Crippen molar-refractivity contribution in [3.05, 3.63) is 41.5 Å². The molecule has 0 fully saturated rings. The molecule has 0 radical (unpaired) electrons. The number of carboxylic acids is 1. The largest absolute Gasteiger partial charge is 1.00 e. The van der Waals surface area contributed by atoms with Gasteiger partial charge in [-0.3, -0.25) is 4.79 Å². The van der Waals surface area contributed by atoms with E-state index in [0.717, 1.165) is 5.56 Å². The van der Waals surface area contributed by atoms with Gasteiger partial charge in [0.1, 0.15) is 0 Å². The number of quaternary nitrogens is 1. The van der Waals surface area contributed by atoms with E-state index < -0.39 is 5.97 Å². The molecule has 0 aliphatic rings. The van der Waals surface area contributed by atoms with Crippen molar-refractivity contribution in [1.29, 1.82) is 5.26 Å². The van der Waals surface area contributed by atoms with Gasteiger partial charge in [0.25, 0.3) is 0 Å². The van der Waals surface area contributed by atoms with Gasteiger partial charge in [0, 0.05) is 6.42 Å². The zero-order valence-electron chi connectivity index (χ0n) is 21.5. The monoisotopic (exact) mass is 478 g/mol. The number of nitrogens with zero attached hydrogens (tertiary/aromatic N) is 2. The normalized spacial score (nSPS) is 10.8. The highest BCUT2D eigenvalue weighted by molar-refractivity contribution is 5.67. The van der Waals surface area contributed by atoms with E-state index in [9.17, 15) is 4.79 Å². The minimum atomic E-state index is -0.792. The Bertz CT molecular complexity index is 628. The molecular weight excluding hydrogens is 432 g/mol. The Morgan fingerprint density at radius 2 is 1.30 bits per heavy atom. The molecule has 0 saturated carbocycles. The molecule has 0 bridgehead atoms. The minimum absolute atomic E-state index is 0. The summed E-state index contributed by atoms with van der Waals surface area (Å²) >= 11 is 0. The number of unbranched alkanes of at least 4 members (excludes halogenated alkanes) is 4. The minimum Gasteiger partial charge on any atom is -1.00 e. The standard InChI is InChI=1S/C16H36N.C12H11NO2.ClH/c1-5-9-13-17(14-10-6-2,15-11-7-3)16-12-8-4;13-9-11-7-5-10(6-8-11)3-1-2-4-12(14)15;/h5-16H2,1-4H3;1,3,5-8H,2,4H2,(H,14,15);1H/q+1;;/p-1/b;3-1+;. The van der Waals surface area contributed by atoms with Gasteiger partial charge in [-0.15, -0.1) is 0 Å². The van der Waals surface area contributed by atoms with Crippen molar-refractivity contribution in [3.8, 4) is 6.07 Å². The Hall–Kier alpha value is -1.83.